The van der Waals surface area contributed by atoms with Crippen molar-refractivity contribution in [2.75, 3.05) is 18.0 Å². The van der Waals surface area contributed by atoms with Crippen LogP contribution in [0.2, 0.25) is 10.0 Å². The summed E-state index contributed by atoms with van der Waals surface area (Å²) in [6, 6.07) is 8.91. The molecule has 32 heavy (non-hydrogen) atoms. The van der Waals surface area contributed by atoms with Gasteiger partial charge in [-0.05, 0) is 60.9 Å². The van der Waals surface area contributed by atoms with Crippen LogP contribution in [0.15, 0.2) is 36.4 Å². The minimum absolute atomic E-state index is 0.0489. The molecule has 1 saturated heterocycles. The Hall–Kier alpha value is -2.25. The molecule has 2 aromatic rings. The highest BCUT2D eigenvalue weighted by atomic mass is 35.5. The van der Waals surface area contributed by atoms with Crippen LogP contribution in [0.5, 0.6) is 0 Å². The molecule has 0 aromatic heterocycles. The van der Waals surface area contributed by atoms with Crippen molar-refractivity contribution in [3.63, 3.8) is 0 Å². The first-order valence-corrected chi connectivity index (χ1v) is 11.0. The molecule has 1 saturated carbocycles. The summed E-state index contributed by atoms with van der Waals surface area (Å²) in [6.45, 7) is 1.66. The summed E-state index contributed by atoms with van der Waals surface area (Å²) >= 11 is 12.0. The van der Waals surface area contributed by atoms with E-state index in [-0.39, 0.29) is 52.9 Å². The Balaban J connectivity index is 1.58. The van der Waals surface area contributed by atoms with Crippen molar-refractivity contribution < 1.29 is 22.8 Å². The number of ketones is 1. The highest BCUT2D eigenvalue weighted by molar-refractivity contribution is 6.34. The van der Waals surface area contributed by atoms with Crippen molar-refractivity contribution >= 4 is 40.6 Å². The Kier molecular flexibility index (Phi) is 5.92. The Morgan fingerprint density at radius 1 is 1.12 bits per heavy atom. The Morgan fingerprint density at radius 3 is 2.34 bits per heavy atom. The van der Waals surface area contributed by atoms with Gasteiger partial charge in [0.05, 0.1) is 0 Å². The first-order valence-electron chi connectivity index (χ1n) is 10.2. The lowest BCUT2D eigenvalue weighted by molar-refractivity contribution is -0.184. The van der Waals surface area contributed by atoms with Crippen LogP contribution in [0.4, 0.5) is 18.9 Å². The van der Waals surface area contributed by atoms with Gasteiger partial charge in [-0.15, -0.1) is 0 Å². The van der Waals surface area contributed by atoms with E-state index in [0.29, 0.717) is 29.7 Å². The lowest BCUT2D eigenvalue weighted by Gasteiger charge is -2.33. The Labute approximate surface area is 193 Å². The summed E-state index contributed by atoms with van der Waals surface area (Å²) < 4.78 is 42.9. The number of amides is 1. The quantitative estimate of drug-likeness (QED) is 0.625. The van der Waals surface area contributed by atoms with E-state index < -0.39 is 11.6 Å². The van der Waals surface area contributed by atoms with E-state index in [2.05, 4.69) is 5.32 Å². The number of nitrogens with one attached hydrogen (secondary N) is 1. The number of hydrogen-bond acceptors (Lipinski definition) is 3. The highest BCUT2D eigenvalue weighted by Gasteiger charge is 2.59. The first kappa shape index (κ1) is 22.9. The van der Waals surface area contributed by atoms with E-state index >= 15 is 0 Å². The number of Topliss-reactive ketones (excluding diaryl/α,β-unsaturated/α-hetero) is 1. The van der Waals surface area contributed by atoms with Crippen molar-refractivity contribution in [2.24, 2.45) is 0 Å². The van der Waals surface area contributed by atoms with Crippen LogP contribution in [0, 0.1) is 6.92 Å². The van der Waals surface area contributed by atoms with Crippen molar-refractivity contribution in [3.8, 4) is 0 Å². The van der Waals surface area contributed by atoms with Gasteiger partial charge in [0.15, 0.2) is 0 Å². The number of alkyl halides is 3. The molecule has 0 radical (unpaired) electrons. The van der Waals surface area contributed by atoms with Gasteiger partial charge in [-0.1, -0.05) is 23.2 Å². The fourth-order valence-electron chi connectivity index (χ4n) is 4.45. The number of benzene rings is 2. The minimum atomic E-state index is -4.50. The second-order valence-corrected chi connectivity index (χ2v) is 9.40. The summed E-state index contributed by atoms with van der Waals surface area (Å²) in [4.78, 5) is 25.2. The van der Waals surface area contributed by atoms with Crippen LogP contribution in [0.3, 0.4) is 0 Å². The molecule has 1 unspecified atom stereocenters. The second-order valence-electron chi connectivity index (χ2n) is 8.53. The number of carbonyl (C=O) groups is 2. The molecule has 9 heteroatoms. The smallest absolute Gasteiger partial charge is 0.370 e. The molecule has 0 bridgehead atoms. The summed E-state index contributed by atoms with van der Waals surface area (Å²) in [5.74, 6) is -0.170. The van der Waals surface area contributed by atoms with Crippen LogP contribution in [0.1, 0.15) is 40.7 Å². The first-order chi connectivity index (χ1) is 15.0. The molecule has 1 amide bonds. The molecular formula is C23H21Cl2F3N2O2. The standard InChI is InChI=1S/C23H21Cl2F3N2O2/c1-13-6-18(2-3-20(13)21(32)29-17-10-19(31)11-17)30-5-4-22(12-30,23(26,27)28)14-7-15(24)9-16(25)8-14/h2-3,6-9,17H,4-5,10-12H2,1H3,(H,29,32). The maximum atomic E-state index is 14.3. The van der Waals surface area contributed by atoms with Gasteiger partial charge in [-0.2, -0.15) is 13.2 Å². The zero-order valence-corrected chi connectivity index (χ0v) is 18.7. The lowest BCUT2D eigenvalue weighted by atomic mass is 9.79. The Bertz CT molecular complexity index is 1060. The van der Waals surface area contributed by atoms with Gasteiger partial charge in [-0.3, -0.25) is 9.59 Å². The Morgan fingerprint density at radius 2 is 1.78 bits per heavy atom. The van der Waals surface area contributed by atoms with E-state index in [1.54, 1.807) is 30.0 Å². The van der Waals surface area contributed by atoms with E-state index in [1.807, 2.05) is 0 Å². The van der Waals surface area contributed by atoms with Crippen LogP contribution in [-0.2, 0) is 10.2 Å². The highest BCUT2D eigenvalue weighted by Crippen LogP contribution is 2.49. The fourth-order valence-corrected chi connectivity index (χ4v) is 4.97. The lowest BCUT2D eigenvalue weighted by Crippen LogP contribution is -2.45. The third kappa shape index (κ3) is 4.20. The third-order valence-electron chi connectivity index (χ3n) is 6.33. The van der Waals surface area contributed by atoms with Gasteiger partial charge in [0, 0.05) is 53.3 Å². The zero-order valence-electron chi connectivity index (χ0n) is 17.2. The van der Waals surface area contributed by atoms with Crippen molar-refractivity contribution in [2.45, 2.75) is 43.8 Å². The van der Waals surface area contributed by atoms with Crippen LogP contribution >= 0.6 is 23.2 Å². The van der Waals surface area contributed by atoms with E-state index in [1.165, 1.54) is 18.2 Å². The topological polar surface area (TPSA) is 49.4 Å². The van der Waals surface area contributed by atoms with Crippen LogP contribution < -0.4 is 10.2 Å². The van der Waals surface area contributed by atoms with Crippen molar-refractivity contribution in [1.29, 1.82) is 0 Å². The summed E-state index contributed by atoms with van der Waals surface area (Å²) in [5.41, 5.74) is -0.343. The summed E-state index contributed by atoms with van der Waals surface area (Å²) in [5, 5.41) is 3.13. The largest absolute Gasteiger partial charge is 0.400 e. The molecule has 1 atom stereocenters. The average molecular weight is 485 g/mol. The molecule has 1 N–H and O–H groups in total. The molecule has 170 valence electrons. The molecule has 1 aliphatic carbocycles. The predicted octanol–water partition coefficient (Wildman–Crippen LogP) is 5.47. The van der Waals surface area contributed by atoms with Gasteiger partial charge in [0.1, 0.15) is 11.2 Å². The number of nitrogens with zero attached hydrogens (tertiary/aromatic N) is 1. The van der Waals surface area contributed by atoms with E-state index in [0.717, 1.165) is 0 Å². The fraction of sp³-hybridized carbons (Fsp3) is 0.391. The van der Waals surface area contributed by atoms with E-state index in [4.69, 9.17) is 23.2 Å². The number of aryl methyl sites for hydroxylation is 1. The molecule has 2 aromatic carbocycles. The molecule has 1 heterocycles. The molecule has 2 aliphatic rings. The van der Waals surface area contributed by atoms with Crippen LogP contribution in [0.25, 0.3) is 0 Å². The molecule has 1 aliphatic heterocycles. The average Bonchev–Trinajstić information content (AvgIpc) is 3.12. The maximum Gasteiger partial charge on any atom is 0.400 e. The van der Waals surface area contributed by atoms with Gasteiger partial charge in [0.2, 0.25) is 0 Å². The molecule has 2 fully saturated rings. The van der Waals surface area contributed by atoms with Gasteiger partial charge < -0.3 is 10.2 Å². The van der Waals surface area contributed by atoms with Gasteiger partial charge >= 0.3 is 6.18 Å². The number of carbonyl (C=O) groups excluding carboxylic acids is 2. The second kappa shape index (κ2) is 8.27. The van der Waals surface area contributed by atoms with Gasteiger partial charge in [0.25, 0.3) is 5.91 Å². The normalized spacial score (nSPS) is 21.6. The van der Waals surface area contributed by atoms with Crippen molar-refractivity contribution in [3.05, 3.63) is 63.1 Å². The predicted molar refractivity (Wildman–Crippen MR) is 118 cm³/mol. The SMILES string of the molecule is Cc1cc(N2CCC(c3cc(Cl)cc(Cl)c3)(C(F)(F)F)C2)ccc1C(=O)NC1CC(=O)C1. The zero-order chi connectivity index (χ0) is 23.3. The number of hydrogen-bond donors (Lipinski definition) is 1. The third-order valence-corrected chi connectivity index (χ3v) is 6.77. The summed E-state index contributed by atoms with van der Waals surface area (Å²) in [7, 11) is 0. The van der Waals surface area contributed by atoms with E-state index in [9.17, 15) is 22.8 Å². The monoisotopic (exact) mass is 484 g/mol. The van der Waals surface area contributed by atoms with Crippen molar-refractivity contribution in [1.82, 2.24) is 5.32 Å². The number of halogens is 5. The number of anilines is 1. The maximum absolute atomic E-state index is 14.3. The number of rotatable bonds is 4. The summed E-state index contributed by atoms with van der Waals surface area (Å²) in [6.07, 6.45) is -3.96. The minimum Gasteiger partial charge on any atom is -0.370 e. The molecule has 4 rings (SSSR count). The molecule has 0 spiro atoms. The van der Waals surface area contributed by atoms with Crippen LogP contribution in [-0.4, -0.2) is 37.0 Å². The van der Waals surface area contributed by atoms with Gasteiger partial charge in [-0.25, -0.2) is 0 Å². The molecular weight excluding hydrogens is 464 g/mol. The molecule has 4 nitrogen and oxygen atoms in total.